The Hall–Kier alpha value is -1.26. The minimum atomic E-state index is -0.0362. The van der Waals surface area contributed by atoms with Crippen LogP contribution in [0.2, 0.25) is 0 Å². The highest BCUT2D eigenvalue weighted by molar-refractivity contribution is 5.81. The van der Waals surface area contributed by atoms with Crippen LogP contribution in [0.15, 0.2) is 4.99 Å². The Labute approximate surface area is 111 Å². The van der Waals surface area contributed by atoms with Gasteiger partial charge in [-0.25, -0.2) is 0 Å². The van der Waals surface area contributed by atoms with Gasteiger partial charge in [0, 0.05) is 25.0 Å². The minimum absolute atomic E-state index is 0.0362. The van der Waals surface area contributed by atoms with Crippen LogP contribution in [-0.4, -0.2) is 37.0 Å². The molecule has 0 bridgehead atoms. The van der Waals surface area contributed by atoms with Crippen molar-refractivity contribution in [2.45, 2.75) is 53.0 Å². The molecule has 0 saturated heterocycles. The van der Waals surface area contributed by atoms with E-state index < -0.39 is 0 Å². The van der Waals surface area contributed by atoms with Crippen molar-refractivity contribution in [2.24, 2.45) is 4.99 Å². The quantitative estimate of drug-likeness (QED) is 0.495. The summed E-state index contributed by atoms with van der Waals surface area (Å²) < 4.78 is 0. The maximum absolute atomic E-state index is 11.4. The molecule has 0 aliphatic heterocycles. The molecule has 0 saturated carbocycles. The largest absolute Gasteiger partial charge is 0.357 e. The Morgan fingerprint density at radius 1 is 1.17 bits per heavy atom. The Morgan fingerprint density at radius 3 is 2.33 bits per heavy atom. The van der Waals surface area contributed by atoms with Crippen molar-refractivity contribution < 1.29 is 4.79 Å². The van der Waals surface area contributed by atoms with Crippen molar-refractivity contribution in [1.29, 1.82) is 0 Å². The molecule has 5 heteroatoms. The molecule has 1 amide bonds. The predicted molar refractivity (Wildman–Crippen MR) is 76.8 cm³/mol. The predicted octanol–water partition coefficient (Wildman–Crippen LogP) is 1.26. The van der Waals surface area contributed by atoms with E-state index in [4.69, 9.17) is 0 Å². The Balaban J connectivity index is 4.11. The fourth-order valence-electron chi connectivity index (χ4n) is 1.28. The van der Waals surface area contributed by atoms with Crippen LogP contribution >= 0.6 is 0 Å². The zero-order chi connectivity index (χ0) is 14.0. The van der Waals surface area contributed by atoms with E-state index >= 15 is 0 Å². The average Bonchev–Trinajstić information content (AvgIpc) is 2.24. The fourth-order valence-corrected chi connectivity index (χ4v) is 1.28. The first kappa shape index (κ1) is 16.7. The maximum atomic E-state index is 11.4. The molecule has 3 N–H and O–H groups in total. The van der Waals surface area contributed by atoms with Crippen LogP contribution in [0.4, 0.5) is 0 Å². The summed E-state index contributed by atoms with van der Waals surface area (Å²) in [4.78, 5) is 15.8. The van der Waals surface area contributed by atoms with Crippen LogP contribution in [0.3, 0.4) is 0 Å². The first-order valence-electron chi connectivity index (χ1n) is 6.72. The van der Waals surface area contributed by atoms with Crippen molar-refractivity contribution in [3.8, 4) is 0 Å². The molecular formula is C13H28N4O. The lowest BCUT2D eigenvalue weighted by atomic mass is 10.1. The number of carbonyl (C=O) groups is 1. The Kier molecular flexibility index (Phi) is 8.16. The highest BCUT2D eigenvalue weighted by atomic mass is 16.1. The molecule has 18 heavy (non-hydrogen) atoms. The second-order valence-corrected chi connectivity index (χ2v) is 5.24. The van der Waals surface area contributed by atoms with E-state index in [1.165, 1.54) is 0 Å². The monoisotopic (exact) mass is 256 g/mol. The van der Waals surface area contributed by atoms with Gasteiger partial charge >= 0.3 is 0 Å². The zero-order valence-corrected chi connectivity index (χ0v) is 12.4. The lowest BCUT2D eigenvalue weighted by molar-refractivity contribution is -0.120. The third-order valence-electron chi connectivity index (χ3n) is 2.02. The molecule has 0 spiro atoms. The number of nitrogens with one attached hydrogen (secondary N) is 3. The lowest BCUT2D eigenvalue weighted by Gasteiger charge is -2.23. The summed E-state index contributed by atoms with van der Waals surface area (Å²) in [6.45, 7) is 12.3. The van der Waals surface area contributed by atoms with Crippen LogP contribution in [0.1, 0.15) is 47.5 Å². The number of carbonyl (C=O) groups excluding carboxylic acids is 1. The summed E-state index contributed by atoms with van der Waals surface area (Å²) in [5.41, 5.74) is -0.0362. The summed E-state index contributed by atoms with van der Waals surface area (Å²) in [6.07, 6.45) is 1.39. The van der Waals surface area contributed by atoms with Crippen LogP contribution in [-0.2, 0) is 4.79 Å². The molecule has 0 heterocycles. The molecule has 0 aromatic heterocycles. The third kappa shape index (κ3) is 9.93. The normalized spacial score (nSPS) is 12.2. The summed E-state index contributed by atoms with van der Waals surface area (Å²) in [5.74, 6) is 0.820. The van der Waals surface area contributed by atoms with Crippen molar-refractivity contribution in [2.75, 3.05) is 19.6 Å². The van der Waals surface area contributed by atoms with Crippen molar-refractivity contribution >= 4 is 11.9 Å². The standard InChI is InChI=1S/C13H28N4O/c1-6-9-15-11(18)8-10-16-12(14-7-2)17-13(3,4)5/h6-10H2,1-5H3,(H,15,18)(H2,14,16,17). The fraction of sp³-hybridized carbons (Fsp3) is 0.846. The average molecular weight is 256 g/mol. The number of rotatable bonds is 6. The van der Waals surface area contributed by atoms with E-state index in [9.17, 15) is 4.79 Å². The number of aliphatic imine (C=N–C) groups is 1. The molecule has 0 aliphatic rings. The summed E-state index contributed by atoms with van der Waals surface area (Å²) in [6, 6.07) is 0. The third-order valence-corrected chi connectivity index (χ3v) is 2.02. The van der Waals surface area contributed by atoms with Crippen LogP contribution in [0.5, 0.6) is 0 Å². The number of guanidine groups is 1. The van der Waals surface area contributed by atoms with Gasteiger partial charge in [0.2, 0.25) is 5.91 Å². The van der Waals surface area contributed by atoms with Gasteiger partial charge in [-0.1, -0.05) is 6.92 Å². The number of hydrogen-bond donors (Lipinski definition) is 3. The van der Waals surface area contributed by atoms with E-state index in [-0.39, 0.29) is 11.4 Å². The van der Waals surface area contributed by atoms with E-state index in [1.807, 2.05) is 13.8 Å². The van der Waals surface area contributed by atoms with Crippen LogP contribution < -0.4 is 16.0 Å². The summed E-state index contributed by atoms with van der Waals surface area (Å²) in [5, 5.41) is 9.28. The van der Waals surface area contributed by atoms with Gasteiger partial charge < -0.3 is 16.0 Å². The molecule has 0 aliphatic carbocycles. The van der Waals surface area contributed by atoms with E-state index in [1.54, 1.807) is 0 Å². The molecule has 0 aromatic rings. The molecular weight excluding hydrogens is 228 g/mol. The first-order valence-corrected chi connectivity index (χ1v) is 6.72. The molecule has 0 unspecified atom stereocenters. The Morgan fingerprint density at radius 2 is 1.83 bits per heavy atom. The van der Waals surface area contributed by atoms with E-state index in [0.29, 0.717) is 13.0 Å². The molecule has 5 nitrogen and oxygen atoms in total. The van der Waals surface area contributed by atoms with Gasteiger partial charge in [-0.05, 0) is 34.1 Å². The molecule has 0 fully saturated rings. The molecule has 0 radical (unpaired) electrons. The van der Waals surface area contributed by atoms with Crippen LogP contribution in [0, 0.1) is 0 Å². The van der Waals surface area contributed by atoms with Gasteiger partial charge in [0.15, 0.2) is 5.96 Å². The smallest absolute Gasteiger partial charge is 0.221 e. The van der Waals surface area contributed by atoms with Gasteiger partial charge in [-0.2, -0.15) is 0 Å². The SMILES string of the molecule is CCCNC(=O)CCN=C(NCC)NC(C)(C)C. The molecule has 0 aromatic carbocycles. The van der Waals surface area contributed by atoms with Crippen molar-refractivity contribution in [3.63, 3.8) is 0 Å². The number of hydrogen-bond acceptors (Lipinski definition) is 2. The maximum Gasteiger partial charge on any atom is 0.221 e. The number of nitrogens with zero attached hydrogens (tertiary/aromatic N) is 1. The van der Waals surface area contributed by atoms with E-state index in [0.717, 1.165) is 25.5 Å². The van der Waals surface area contributed by atoms with Crippen molar-refractivity contribution in [3.05, 3.63) is 0 Å². The number of amides is 1. The molecule has 0 rings (SSSR count). The Bertz CT molecular complexity index is 269. The van der Waals surface area contributed by atoms with Gasteiger partial charge in [0.1, 0.15) is 0 Å². The minimum Gasteiger partial charge on any atom is -0.357 e. The molecule has 0 atom stereocenters. The van der Waals surface area contributed by atoms with Gasteiger partial charge in [0.25, 0.3) is 0 Å². The zero-order valence-electron chi connectivity index (χ0n) is 12.4. The van der Waals surface area contributed by atoms with Crippen molar-refractivity contribution in [1.82, 2.24) is 16.0 Å². The van der Waals surface area contributed by atoms with Crippen LogP contribution in [0.25, 0.3) is 0 Å². The topological polar surface area (TPSA) is 65.5 Å². The van der Waals surface area contributed by atoms with Gasteiger partial charge in [0.05, 0.1) is 6.54 Å². The lowest BCUT2D eigenvalue weighted by Crippen LogP contribution is -2.47. The van der Waals surface area contributed by atoms with Gasteiger partial charge in [-0.15, -0.1) is 0 Å². The second-order valence-electron chi connectivity index (χ2n) is 5.24. The highest BCUT2D eigenvalue weighted by Crippen LogP contribution is 1.98. The second kappa shape index (κ2) is 8.78. The van der Waals surface area contributed by atoms with E-state index in [2.05, 4.69) is 41.7 Å². The first-order chi connectivity index (χ1) is 8.39. The molecule has 106 valence electrons. The highest BCUT2D eigenvalue weighted by Gasteiger charge is 2.11. The summed E-state index contributed by atoms with van der Waals surface area (Å²) >= 11 is 0. The summed E-state index contributed by atoms with van der Waals surface area (Å²) in [7, 11) is 0. The van der Waals surface area contributed by atoms with Gasteiger partial charge in [-0.3, -0.25) is 9.79 Å².